The maximum absolute atomic E-state index is 12.1. The lowest BCUT2D eigenvalue weighted by Crippen LogP contribution is -2.10. The Kier molecular flexibility index (Phi) is 1.94. The van der Waals surface area contributed by atoms with Gasteiger partial charge in [-0.15, -0.1) is 0 Å². The van der Waals surface area contributed by atoms with E-state index in [-0.39, 0.29) is 5.56 Å². The Morgan fingerprint density at radius 1 is 1.36 bits per heavy atom. The molecule has 0 aliphatic carbocycles. The number of nitrogens with one attached hydrogen (secondary N) is 1. The summed E-state index contributed by atoms with van der Waals surface area (Å²) >= 11 is 0. The summed E-state index contributed by atoms with van der Waals surface area (Å²) in [5.41, 5.74) is 0.890. The highest BCUT2D eigenvalue weighted by Crippen LogP contribution is 2.25. The smallest absolute Gasteiger partial charge is 0.360 e. The Balaban J connectivity index is 2.44. The molecule has 0 aliphatic rings. The van der Waals surface area contributed by atoms with Crippen LogP contribution in [0.5, 0.6) is 0 Å². The van der Waals surface area contributed by atoms with Crippen LogP contribution in [0.25, 0.3) is 10.9 Å². The van der Waals surface area contributed by atoms with Crippen LogP contribution < -0.4 is 0 Å². The maximum atomic E-state index is 12.1. The number of pyridine rings is 1. The number of hydrogen-bond donors (Lipinski definition) is 1. The Bertz CT molecular complexity index is 444. The van der Waals surface area contributed by atoms with E-state index in [9.17, 15) is 13.2 Å². The number of H-pyrrole nitrogens is 1. The first kappa shape index (κ1) is 9.05. The van der Waals surface area contributed by atoms with Gasteiger partial charge in [0, 0.05) is 17.8 Å². The minimum Gasteiger partial charge on any atom is -0.360 e. The molecule has 2 nitrogen and oxygen atoms in total. The second-order valence-electron chi connectivity index (χ2n) is 3.03. The van der Waals surface area contributed by atoms with Crippen molar-refractivity contribution in [2.45, 2.75) is 12.6 Å². The van der Waals surface area contributed by atoms with Gasteiger partial charge in [0.1, 0.15) is 0 Å². The number of alkyl halides is 3. The van der Waals surface area contributed by atoms with Crippen molar-refractivity contribution < 1.29 is 13.2 Å². The van der Waals surface area contributed by atoms with Crippen molar-refractivity contribution >= 4 is 10.9 Å². The lowest BCUT2D eigenvalue weighted by molar-refractivity contribution is -0.127. The van der Waals surface area contributed by atoms with Gasteiger partial charge in [-0.1, -0.05) is 0 Å². The molecule has 5 heteroatoms. The van der Waals surface area contributed by atoms with E-state index in [4.69, 9.17) is 0 Å². The SMILES string of the molecule is FC(F)(F)Cc1c[nH]c2cnccc12. The number of fused-ring (bicyclic) bond motifs is 1. The van der Waals surface area contributed by atoms with E-state index in [1.54, 1.807) is 6.07 Å². The van der Waals surface area contributed by atoms with Crippen LogP contribution in [-0.4, -0.2) is 16.1 Å². The molecule has 1 N–H and O–H groups in total. The summed E-state index contributed by atoms with van der Waals surface area (Å²) in [6.07, 6.45) is -0.708. The molecule has 0 aliphatic heterocycles. The van der Waals surface area contributed by atoms with E-state index in [1.807, 2.05) is 0 Å². The summed E-state index contributed by atoms with van der Waals surface area (Å²) in [5, 5.41) is 0.581. The van der Waals surface area contributed by atoms with E-state index in [2.05, 4.69) is 9.97 Å². The normalized spacial score (nSPS) is 12.2. The van der Waals surface area contributed by atoms with Gasteiger partial charge < -0.3 is 4.98 Å². The molecule has 0 bridgehead atoms. The van der Waals surface area contributed by atoms with Crippen LogP contribution in [0, 0.1) is 0 Å². The zero-order chi connectivity index (χ0) is 10.2. The van der Waals surface area contributed by atoms with Gasteiger partial charge in [0.25, 0.3) is 0 Å². The highest BCUT2D eigenvalue weighted by molar-refractivity contribution is 5.82. The lowest BCUT2D eigenvalue weighted by Gasteiger charge is -2.03. The van der Waals surface area contributed by atoms with Gasteiger partial charge in [0.05, 0.1) is 18.1 Å². The molecule has 0 aromatic carbocycles. The van der Waals surface area contributed by atoms with E-state index in [0.29, 0.717) is 10.9 Å². The summed E-state index contributed by atoms with van der Waals surface area (Å²) in [4.78, 5) is 6.56. The fraction of sp³-hybridized carbons (Fsp3) is 0.222. The topological polar surface area (TPSA) is 28.7 Å². The number of rotatable bonds is 1. The van der Waals surface area contributed by atoms with Gasteiger partial charge in [-0.3, -0.25) is 4.98 Å². The Morgan fingerprint density at radius 3 is 2.86 bits per heavy atom. The quantitative estimate of drug-likeness (QED) is 0.753. The molecule has 0 fully saturated rings. The highest BCUT2D eigenvalue weighted by Gasteiger charge is 2.28. The predicted octanol–water partition coefficient (Wildman–Crippen LogP) is 2.67. The van der Waals surface area contributed by atoms with Crippen molar-refractivity contribution in [2.24, 2.45) is 0 Å². The van der Waals surface area contributed by atoms with Crippen molar-refractivity contribution in [2.75, 3.05) is 0 Å². The minimum atomic E-state index is -4.17. The fourth-order valence-corrected chi connectivity index (χ4v) is 1.39. The second-order valence-corrected chi connectivity index (χ2v) is 3.03. The summed E-state index contributed by atoms with van der Waals surface area (Å²) in [6.45, 7) is 0. The highest BCUT2D eigenvalue weighted by atomic mass is 19.4. The van der Waals surface area contributed by atoms with Gasteiger partial charge in [0.15, 0.2) is 0 Å². The number of aromatic amines is 1. The average Bonchev–Trinajstić information content (AvgIpc) is 2.47. The van der Waals surface area contributed by atoms with Crippen molar-refractivity contribution in [1.29, 1.82) is 0 Å². The minimum absolute atomic E-state index is 0.259. The van der Waals surface area contributed by atoms with E-state index < -0.39 is 12.6 Å². The zero-order valence-corrected chi connectivity index (χ0v) is 7.10. The fourth-order valence-electron chi connectivity index (χ4n) is 1.39. The molecule has 0 spiro atoms. The molecule has 0 saturated heterocycles. The molecule has 0 amide bonds. The van der Waals surface area contributed by atoms with Crippen molar-refractivity contribution in [3.63, 3.8) is 0 Å². The van der Waals surface area contributed by atoms with Gasteiger partial charge in [-0.05, 0) is 11.6 Å². The second kappa shape index (κ2) is 3.01. The van der Waals surface area contributed by atoms with Crippen LogP contribution in [-0.2, 0) is 6.42 Å². The van der Waals surface area contributed by atoms with Gasteiger partial charge in [-0.25, -0.2) is 0 Å². The largest absolute Gasteiger partial charge is 0.393 e. The maximum Gasteiger partial charge on any atom is 0.393 e. The summed E-state index contributed by atoms with van der Waals surface area (Å²) in [7, 11) is 0. The molecule has 0 atom stereocenters. The third kappa shape index (κ3) is 1.71. The van der Waals surface area contributed by atoms with Crippen LogP contribution in [0.3, 0.4) is 0 Å². The molecule has 2 rings (SSSR count). The lowest BCUT2D eigenvalue weighted by atomic mass is 10.1. The van der Waals surface area contributed by atoms with Gasteiger partial charge >= 0.3 is 6.18 Å². The monoisotopic (exact) mass is 200 g/mol. The van der Waals surface area contributed by atoms with E-state index in [0.717, 1.165) is 0 Å². The Morgan fingerprint density at radius 2 is 2.14 bits per heavy atom. The van der Waals surface area contributed by atoms with Crippen molar-refractivity contribution in [1.82, 2.24) is 9.97 Å². The van der Waals surface area contributed by atoms with Gasteiger partial charge in [0.2, 0.25) is 0 Å². The van der Waals surface area contributed by atoms with E-state index >= 15 is 0 Å². The molecule has 0 radical (unpaired) electrons. The van der Waals surface area contributed by atoms with Crippen LogP contribution >= 0.6 is 0 Å². The Labute approximate surface area is 77.8 Å². The van der Waals surface area contributed by atoms with E-state index in [1.165, 1.54) is 18.6 Å². The van der Waals surface area contributed by atoms with Crippen LogP contribution in [0.2, 0.25) is 0 Å². The average molecular weight is 200 g/mol. The molecular formula is C9H7F3N2. The number of nitrogens with zero attached hydrogens (tertiary/aromatic N) is 1. The number of aromatic nitrogens is 2. The molecule has 2 aromatic rings. The Hall–Kier alpha value is -1.52. The molecule has 2 aromatic heterocycles. The predicted molar refractivity (Wildman–Crippen MR) is 45.9 cm³/mol. The van der Waals surface area contributed by atoms with Crippen molar-refractivity contribution in [3.05, 3.63) is 30.2 Å². The summed E-state index contributed by atoms with van der Waals surface area (Å²) < 4.78 is 36.4. The third-order valence-corrected chi connectivity index (χ3v) is 1.96. The molecule has 74 valence electrons. The first-order valence-electron chi connectivity index (χ1n) is 4.03. The molecule has 2 heterocycles. The molecule has 0 unspecified atom stereocenters. The standard InChI is InChI=1S/C9H7F3N2/c10-9(11,12)3-6-4-14-8-5-13-2-1-7(6)8/h1-2,4-5,14H,3H2. The summed E-state index contributed by atoms with van der Waals surface area (Å²) in [5.74, 6) is 0. The number of halogens is 3. The molecular weight excluding hydrogens is 193 g/mol. The summed E-state index contributed by atoms with van der Waals surface area (Å²) in [6, 6.07) is 1.58. The van der Waals surface area contributed by atoms with Gasteiger partial charge in [-0.2, -0.15) is 13.2 Å². The zero-order valence-electron chi connectivity index (χ0n) is 7.10. The van der Waals surface area contributed by atoms with Crippen LogP contribution in [0.4, 0.5) is 13.2 Å². The van der Waals surface area contributed by atoms with Crippen LogP contribution in [0.1, 0.15) is 5.56 Å². The van der Waals surface area contributed by atoms with Crippen LogP contribution in [0.15, 0.2) is 24.7 Å². The first-order chi connectivity index (χ1) is 6.56. The molecule has 0 saturated carbocycles. The van der Waals surface area contributed by atoms with Crippen molar-refractivity contribution in [3.8, 4) is 0 Å². The number of hydrogen-bond acceptors (Lipinski definition) is 1. The first-order valence-corrected chi connectivity index (χ1v) is 4.03. The third-order valence-electron chi connectivity index (χ3n) is 1.96. The molecule has 14 heavy (non-hydrogen) atoms.